The molecule has 0 aromatic carbocycles. The highest BCUT2D eigenvalue weighted by Crippen LogP contribution is 1.79. The van der Waals surface area contributed by atoms with Gasteiger partial charge in [0.05, 0.1) is 13.2 Å². The number of hydrogen-bond acceptors (Lipinski definition) is 3. The molecular formula is C6H12NO2. The van der Waals surface area contributed by atoms with Crippen LogP contribution in [-0.4, -0.2) is 38.1 Å². The second kappa shape index (κ2) is 4.32. The van der Waals surface area contributed by atoms with Crippen molar-refractivity contribution in [3.05, 3.63) is 6.92 Å². The van der Waals surface area contributed by atoms with Crippen molar-refractivity contribution in [1.82, 2.24) is 4.90 Å². The van der Waals surface area contributed by atoms with Gasteiger partial charge in [-0.1, -0.05) is 0 Å². The van der Waals surface area contributed by atoms with E-state index in [2.05, 4.69) is 11.7 Å². The molecule has 9 heavy (non-hydrogen) atoms. The summed E-state index contributed by atoms with van der Waals surface area (Å²) in [6.07, 6.45) is 0. The molecule has 3 nitrogen and oxygen atoms in total. The lowest BCUT2D eigenvalue weighted by atomic mass is 10.6. The van der Waals surface area contributed by atoms with Gasteiger partial charge in [-0.05, 0) is 21.0 Å². The molecule has 1 radical (unpaired) electrons. The highest BCUT2D eigenvalue weighted by molar-refractivity contribution is 5.71. The molecule has 0 spiro atoms. The SMILES string of the molecule is [CH2]COC(=O)CN(C)C. The zero-order valence-corrected chi connectivity index (χ0v) is 5.89. The molecule has 53 valence electrons. The Hall–Kier alpha value is -0.570. The maximum Gasteiger partial charge on any atom is 0.320 e. The lowest BCUT2D eigenvalue weighted by Crippen LogP contribution is -2.23. The predicted molar refractivity (Wildman–Crippen MR) is 34.9 cm³/mol. The van der Waals surface area contributed by atoms with Crippen molar-refractivity contribution >= 4 is 5.97 Å². The Labute approximate surface area is 55.6 Å². The topological polar surface area (TPSA) is 29.5 Å². The highest BCUT2D eigenvalue weighted by atomic mass is 16.5. The molecule has 0 bridgehead atoms. The number of hydrogen-bond donors (Lipinski definition) is 0. The van der Waals surface area contributed by atoms with Crippen LogP contribution in [0.2, 0.25) is 0 Å². The van der Waals surface area contributed by atoms with Crippen LogP contribution in [0.4, 0.5) is 0 Å². The number of rotatable bonds is 3. The maximum absolute atomic E-state index is 10.5. The van der Waals surface area contributed by atoms with Crippen LogP contribution in [0.1, 0.15) is 0 Å². The third-order valence-electron chi connectivity index (χ3n) is 0.708. The first-order valence-electron chi connectivity index (χ1n) is 2.76. The third kappa shape index (κ3) is 5.30. The molecule has 0 aromatic rings. The van der Waals surface area contributed by atoms with E-state index in [0.717, 1.165) is 0 Å². The van der Waals surface area contributed by atoms with Crippen LogP contribution in [0.15, 0.2) is 0 Å². The second-order valence-corrected chi connectivity index (χ2v) is 1.96. The van der Waals surface area contributed by atoms with Crippen LogP contribution in [0.25, 0.3) is 0 Å². The standard InChI is InChI=1S/C6H12NO2/c1-4-9-6(8)5-7(2)3/h1,4-5H2,2-3H3. The number of likely N-dealkylation sites (N-methyl/N-ethyl adjacent to an activating group) is 1. The van der Waals surface area contributed by atoms with Gasteiger partial charge in [-0.25, -0.2) is 0 Å². The van der Waals surface area contributed by atoms with Crippen LogP contribution in [0.3, 0.4) is 0 Å². The molecule has 0 saturated carbocycles. The number of nitrogens with zero attached hydrogens (tertiary/aromatic N) is 1. The fourth-order valence-electron chi connectivity index (χ4n) is 0.418. The van der Waals surface area contributed by atoms with Crippen LogP contribution >= 0.6 is 0 Å². The van der Waals surface area contributed by atoms with Crippen LogP contribution in [-0.2, 0) is 9.53 Å². The zero-order chi connectivity index (χ0) is 7.28. The molecule has 0 saturated heterocycles. The van der Waals surface area contributed by atoms with Crippen molar-refractivity contribution in [2.24, 2.45) is 0 Å². The highest BCUT2D eigenvalue weighted by Gasteiger charge is 2.00. The predicted octanol–water partition coefficient (Wildman–Crippen LogP) is -0.0747. The van der Waals surface area contributed by atoms with Gasteiger partial charge in [-0.2, -0.15) is 0 Å². The molecule has 0 amide bonds. The molecule has 0 atom stereocenters. The summed E-state index contributed by atoms with van der Waals surface area (Å²) >= 11 is 0. The van der Waals surface area contributed by atoms with Gasteiger partial charge in [-0.3, -0.25) is 9.69 Å². The second-order valence-electron chi connectivity index (χ2n) is 1.96. The van der Waals surface area contributed by atoms with Gasteiger partial charge in [0.1, 0.15) is 0 Å². The van der Waals surface area contributed by atoms with Crippen molar-refractivity contribution in [2.45, 2.75) is 0 Å². The molecule has 0 aliphatic heterocycles. The van der Waals surface area contributed by atoms with Crippen molar-refractivity contribution < 1.29 is 9.53 Å². The van der Waals surface area contributed by atoms with Gasteiger partial charge >= 0.3 is 5.97 Å². The average Bonchev–Trinajstić information content (AvgIpc) is 1.63. The van der Waals surface area contributed by atoms with E-state index in [-0.39, 0.29) is 12.6 Å². The molecular weight excluding hydrogens is 118 g/mol. The number of esters is 1. The lowest BCUT2D eigenvalue weighted by Gasteiger charge is -2.06. The Morgan fingerprint density at radius 2 is 2.22 bits per heavy atom. The van der Waals surface area contributed by atoms with E-state index < -0.39 is 0 Å². The van der Waals surface area contributed by atoms with Crippen molar-refractivity contribution in [3.8, 4) is 0 Å². The molecule has 0 N–H and O–H groups in total. The van der Waals surface area contributed by atoms with Gasteiger partial charge in [-0.15, -0.1) is 0 Å². The van der Waals surface area contributed by atoms with Gasteiger partial charge in [0.15, 0.2) is 0 Å². The van der Waals surface area contributed by atoms with Crippen LogP contribution in [0, 0.1) is 6.92 Å². The van der Waals surface area contributed by atoms with Gasteiger partial charge in [0, 0.05) is 0 Å². The molecule has 0 fully saturated rings. The Morgan fingerprint density at radius 1 is 1.67 bits per heavy atom. The average molecular weight is 130 g/mol. The minimum absolute atomic E-state index is 0.215. The molecule has 0 rings (SSSR count). The molecule has 0 unspecified atom stereocenters. The van der Waals surface area contributed by atoms with Gasteiger partial charge in [0.25, 0.3) is 0 Å². The normalized spacial score (nSPS) is 9.78. The number of ether oxygens (including phenoxy) is 1. The summed E-state index contributed by atoms with van der Waals surface area (Å²) < 4.78 is 4.56. The summed E-state index contributed by atoms with van der Waals surface area (Å²) in [5.41, 5.74) is 0. The molecule has 3 heteroatoms. The van der Waals surface area contributed by atoms with Crippen molar-refractivity contribution in [3.63, 3.8) is 0 Å². The molecule has 0 aliphatic carbocycles. The summed E-state index contributed by atoms with van der Waals surface area (Å²) in [5, 5.41) is 0. The fraction of sp³-hybridized carbons (Fsp3) is 0.667. The van der Waals surface area contributed by atoms with Gasteiger partial charge in [0.2, 0.25) is 0 Å². The van der Waals surface area contributed by atoms with E-state index in [4.69, 9.17) is 0 Å². The Morgan fingerprint density at radius 3 is 2.56 bits per heavy atom. The fourth-order valence-corrected chi connectivity index (χ4v) is 0.418. The number of carbonyl (C=O) groups excluding carboxylic acids is 1. The first-order valence-corrected chi connectivity index (χ1v) is 2.76. The van der Waals surface area contributed by atoms with E-state index in [1.54, 1.807) is 4.90 Å². The Kier molecular flexibility index (Phi) is 4.05. The molecule has 0 aromatic heterocycles. The molecule has 0 aliphatic rings. The smallest absolute Gasteiger partial charge is 0.320 e. The monoisotopic (exact) mass is 130 g/mol. The minimum Gasteiger partial charge on any atom is -0.465 e. The lowest BCUT2D eigenvalue weighted by molar-refractivity contribution is -0.143. The summed E-state index contributed by atoms with van der Waals surface area (Å²) in [7, 11) is 3.62. The van der Waals surface area contributed by atoms with E-state index in [1.807, 2.05) is 14.1 Å². The Bertz CT molecular complexity index is 91.1. The summed E-state index contributed by atoms with van der Waals surface area (Å²) in [6.45, 7) is 3.92. The first kappa shape index (κ1) is 8.43. The largest absolute Gasteiger partial charge is 0.465 e. The van der Waals surface area contributed by atoms with Crippen LogP contribution in [0.5, 0.6) is 0 Å². The van der Waals surface area contributed by atoms with E-state index in [9.17, 15) is 4.79 Å². The first-order chi connectivity index (χ1) is 4.16. The minimum atomic E-state index is -0.227. The summed E-state index contributed by atoms with van der Waals surface area (Å²) in [5.74, 6) is -0.227. The zero-order valence-electron chi connectivity index (χ0n) is 5.89. The van der Waals surface area contributed by atoms with E-state index in [1.165, 1.54) is 0 Å². The summed E-state index contributed by atoms with van der Waals surface area (Å²) in [4.78, 5) is 12.3. The molecule has 0 heterocycles. The van der Waals surface area contributed by atoms with Crippen molar-refractivity contribution in [1.29, 1.82) is 0 Å². The maximum atomic E-state index is 10.5. The van der Waals surface area contributed by atoms with Crippen LogP contribution < -0.4 is 0 Å². The van der Waals surface area contributed by atoms with Crippen molar-refractivity contribution in [2.75, 3.05) is 27.2 Å². The van der Waals surface area contributed by atoms with E-state index in [0.29, 0.717) is 6.54 Å². The third-order valence-corrected chi connectivity index (χ3v) is 0.708. The number of carbonyl (C=O) groups is 1. The Balaban J connectivity index is 3.27. The quantitative estimate of drug-likeness (QED) is 0.501. The summed E-state index contributed by atoms with van der Waals surface area (Å²) in [6, 6.07) is 0. The van der Waals surface area contributed by atoms with E-state index >= 15 is 0 Å². The van der Waals surface area contributed by atoms with Gasteiger partial charge < -0.3 is 4.74 Å².